The molecule has 0 aromatic carbocycles. The Bertz CT molecular complexity index is 260. The summed E-state index contributed by atoms with van der Waals surface area (Å²) >= 11 is 6.37. The first-order valence-electron chi connectivity index (χ1n) is 3.62. The van der Waals surface area contributed by atoms with Gasteiger partial charge in [-0.2, -0.15) is 8.42 Å². The summed E-state index contributed by atoms with van der Waals surface area (Å²) in [7, 11) is -0.150. The summed E-state index contributed by atoms with van der Waals surface area (Å²) < 4.78 is 29.8. The van der Waals surface area contributed by atoms with Gasteiger partial charge in [0.1, 0.15) is 4.32 Å². The molecule has 0 radical (unpaired) electrons. The van der Waals surface area contributed by atoms with Crippen LogP contribution in [0.25, 0.3) is 0 Å². The van der Waals surface area contributed by atoms with Crippen molar-refractivity contribution in [3.8, 4) is 0 Å². The minimum Gasteiger partial charge on any atom is -0.364 e. The van der Waals surface area contributed by atoms with E-state index in [9.17, 15) is 8.42 Å². The fourth-order valence-corrected chi connectivity index (χ4v) is 2.19. The lowest BCUT2D eigenvalue weighted by molar-refractivity contribution is 0.482. The largest absolute Gasteiger partial charge is 0.364 e. The fraction of sp³-hybridized carbons (Fsp3) is 0.833. The lowest BCUT2D eigenvalue weighted by Crippen LogP contribution is -2.16. The van der Waals surface area contributed by atoms with Gasteiger partial charge in [-0.1, -0.05) is 24.0 Å². The van der Waals surface area contributed by atoms with Crippen molar-refractivity contribution in [2.45, 2.75) is 6.42 Å². The highest BCUT2D eigenvalue weighted by Crippen LogP contribution is 2.08. The predicted octanol–water partition coefficient (Wildman–Crippen LogP) is 0.844. The van der Waals surface area contributed by atoms with Crippen molar-refractivity contribution in [2.24, 2.45) is 0 Å². The molecular weight excluding hydrogens is 230 g/mol. The van der Waals surface area contributed by atoms with Gasteiger partial charge in [0.2, 0.25) is 0 Å². The summed E-state index contributed by atoms with van der Waals surface area (Å²) in [4.78, 5) is 1.79. The number of hydrogen-bond acceptors (Lipinski definition) is 4. The highest BCUT2D eigenvalue weighted by Gasteiger charge is 2.05. The second-order valence-corrected chi connectivity index (χ2v) is 5.95. The molecule has 4 nitrogen and oxygen atoms in total. The molecule has 0 aromatic heterocycles. The summed E-state index contributed by atoms with van der Waals surface area (Å²) in [5, 5.41) is 0. The van der Waals surface area contributed by atoms with E-state index in [4.69, 9.17) is 16.8 Å². The first-order chi connectivity index (χ1) is 5.83. The zero-order chi connectivity index (χ0) is 10.5. The Morgan fingerprint density at radius 1 is 1.54 bits per heavy atom. The molecule has 0 saturated heterocycles. The molecule has 13 heavy (non-hydrogen) atoms. The quantitative estimate of drug-likeness (QED) is 0.449. The molecular formula is C6H13NO3S3. The van der Waals surface area contributed by atoms with E-state index in [2.05, 4.69) is 0 Å². The third-order valence-electron chi connectivity index (χ3n) is 1.14. The molecule has 0 aromatic rings. The van der Waals surface area contributed by atoms with Crippen LogP contribution in [0.1, 0.15) is 6.42 Å². The number of thioether (sulfide) groups is 1. The zero-order valence-corrected chi connectivity index (χ0v) is 10.0. The first kappa shape index (κ1) is 13.2. The van der Waals surface area contributed by atoms with Crippen LogP contribution in [-0.4, -0.2) is 47.8 Å². The van der Waals surface area contributed by atoms with Crippen LogP contribution in [0.5, 0.6) is 0 Å². The molecule has 0 aliphatic carbocycles. The Kier molecular flexibility index (Phi) is 5.86. The van der Waals surface area contributed by atoms with Crippen LogP contribution in [0.3, 0.4) is 0 Å². The fourth-order valence-electron chi connectivity index (χ4n) is 0.530. The predicted molar refractivity (Wildman–Crippen MR) is 59.8 cm³/mol. The SMILES string of the molecule is CN(C)C(=S)SCCCS(=O)(=O)O. The third-order valence-corrected chi connectivity index (χ3v) is 3.77. The van der Waals surface area contributed by atoms with Crippen molar-refractivity contribution in [1.29, 1.82) is 0 Å². The van der Waals surface area contributed by atoms with Gasteiger partial charge in [0.25, 0.3) is 10.1 Å². The minimum absolute atomic E-state index is 0.198. The number of rotatable bonds is 4. The molecule has 0 bridgehead atoms. The maximum atomic E-state index is 10.3. The molecule has 0 heterocycles. The molecule has 0 aliphatic rings. The van der Waals surface area contributed by atoms with Gasteiger partial charge in [-0.3, -0.25) is 4.55 Å². The van der Waals surface area contributed by atoms with Gasteiger partial charge in [-0.15, -0.1) is 0 Å². The van der Waals surface area contributed by atoms with Gasteiger partial charge < -0.3 is 4.90 Å². The lowest BCUT2D eigenvalue weighted by atomic mass is 10.6. The molecule has 7 heteroatoms. The molecule has 0 spiro atoms. The van der Waals surface area contributed by atoms with Crippen LogP contribution in [0, 0.1) is 0 Å². The molecule has 0 fully saturated rings. The maximum absolute atomic E-state index is 10.3. The van der Waals surface area contributed by atoms with E-state index < -0.39 is 10.1 Å². The lowest BCUT2D eigenvalue weighted by Gasteiger charge is -2.11. The Labute approximate surface area is 88.4 Å². The summed E-state index contributed by atoms with van der Waals surface area (Å²) in [6, 6.07) is 0. The topological polar surface area (TPSA) is 57.6 Å². The average molecular weight is 243 g/mol. The summed E-state index contributed by atoms with van der Waals surface area (Å²) in [6.07, 6.45) is 0.414. The van der Waals surface area contributed by atoms with Crippen LogP contribution in [-0.2, 0) is 10.1 Å². The van der Waals surface area contributed by atoms with Crippen molar-refractivity contribution in [1.82, 2.24) is 4.90 Å². The van der Waals surface area contributed by atoms with Crippen molar-refractivity contribution in [3.63, 3.8) is 0 Å². The van der Waals surface area contributed by atoms with Crippen LogP contribution in [0.2, 0.25) is 0 Å². The second kappa shape index (κ2) is 5.79. The van der Waals surface area contributed by atoms with Gasteiger partial charge in [-0.25, -0.2) is 0 Å². The maximum Gasteiger partial charge on any atom is 0.264 e. The van der Waals surface area contributed by atoms with Crippen LogP contribution in [0.4, 0.5) is 0 Å². The summed E-state index contributed by atoms with van der Waals surface area (Å²) in [6.45, 7) is 0. The molecule has 0 atom stereocenters. The standard InChI is InChI=1S/C6H13NO3S3/c1-7(2)6(11)12-4-3-5-13(8,9)10/h3-5H2,1-2H3,(H,8,9,10). The van der Waals surface area contributed by atoms with E-state index in [1.54, 1.807) is 4.90 Å². The third kappa shape index (κ3) is 8.48. The summed E-state index contributed by atoms with van der Waals surface area (Å²) in [5.74, 6) is 0.410. The van der Waals surface area contributed by atoms with Crippen molar-refractivity contribution in [2.75, 3.05) is 25.6 Å². The number of hydrogen-bond donors (Lipinski definition) is 1. The van der Waals surface area contributed by atoms with Crippen molar-refractivity contribution in [3.05, 3.63) is 0 Å². The van der Waals surface area contributed by atoms with E-state index in [0.717, 1.165) is 4.32 Å². The van der Waals surface area contributed by atoms with E-state index in [-0.39, 0.29) is 5.75 Å². The van der Waals surface area contributed by atoms with E-state index >= 15 is 0 Å². The van der Waals surface area contributed by atoms with Gasteiger partial charge in [0.15, 0.2) is 0 Å². The second-order valence-electron chi connectivity index (χ2n) is 2.65. The molecule has 0 amide bonds. The summed E-state index contributed by atoms with van der Waals surface area (Å²) in [5.41, 5.74) is 0. The average Bonchev–Trinajstić information content (AvgIpc) is 1.95. The Morgan fingerprint density at radius 3 is 2.46 bits per heavy atom. The molecule has 0 saturated carbocycles. The van der Waals surface area contributed by atoms with Crippen molar-refractivity contribution >= 4 is 38.4 Å². The molecule has 1 N–H and O–H groups in total. The van der Waals surface area contributed by atoms with Gasteiger partial charge in [-0.05, 0) is 6.42 Å². The normalized spacial score (nSPS) is 11.3. The van der Waals surface area contributed by atoms with Crippen LogP contribution < -0.4 is 0 Å². The molecule has 78 valence electrons. The molecule has 0 aliphatic heterocycles. The number of thiocarbonyl (C=S) groups is 1. The Hall–Kier alpha value is 0.150. The monoisotopic (exact) mass is 243 g/mol. The smallest absolute Gasteiger partial charge is 0.264 e. The van der Waals surface area contributed by atoms with E-state index in [1.807, 2.05) is 14.1 Å². The van der Waals surface area contributed by atoms with E-state index in [0.29, 0.717) is 12.2 Å². The van der Waals surface area contributed by atoms with Crippen molar-refractivity contribution < 1.29 is 13.0 Å². The number of nitrogens with zero attached hydrogens (tertiary/aromatic N) is 1. The first-order valence-corrected chi connectivity index (χ1v) is 6.62. The minimum atomic E-state index is -3.81. The van der Waals surface area contributed by atoms with Gasteiger partial charge in [0, 0.05) is 19.8 Å². The van der Waals surface area contributed by atoms with Gasteiger partial charge in [0.05, 0.1) is 5.75 Å². The van der Waals surface area contributed by atoms with Gasteiger partial charge >= 0.3 is 0 Å². The molecule has 0 rings (SSSR count). The van der Waals surface area contributed by atoms with Crippen LogP contribution >= 0.6 is 24.0 Å². The van der Waals surface area contributed by atoms with Crippen LogP contribution in [0.15, 0.2) is 0 Å². The Balaban J connectivity index is 3.53. The van der Waals surface area contributed by atoms with E-state index in [1.165, 1.54) is 11.8 Å². The highest BCUT2D eigenvalue weighted by molar-refractivity contribution is 8.22. The molecule has 0 unspecified atom stereocenters. The zero-order valence-electron chi connectivity index (χ0n) is 7.56. The highest BCUT2D eigenvalue weighted by atomic mass is 32.2. The Morgan fingerprint density at radius 2 is 2.08 bits per heavy atom.